The van der Waals surface area contributed by atoms with Crippen molar-refractivity contribution in [2.75, 3.05) is 12.9 Å². The number of carbonyl (C=O) groups excluding carboxylic acids is 1. The molecule has 0 aliphatic carbocycles. The second-order valence-electron chi connectivity index (χ2n) is 4.17. The van der Waals surface area contributed by atoms with Gasteiger partial charge in [-0.3, -0.25) is 4.79 Å². The highest BCUT2D eigenvalue weighted by Crippen LogP contribution is 2.40. The van der Waals surface area contributed by atoms with Crippen LogP contribution in [-0.2, 0) is 14.3 Å². The topological polar surface area (TPSA) is 46.5 Å². The molecule has 0 radical (unpaired) electrons. The zero-order valence-electron chi connectivity index (χ0n) is 10.9. The van der Waals surface area contributed by atoms with Gasteiger partial charge in [-0.1, -0.05) is 6.07 Å². The predicted molar refractivity (Wildman–Crippen MR) is 69.9 cm³/mol. The number of carbonyl (C=O) groups is 1. The summed E-state index contributed by atoms with van der Waals surface area (Å²) >= 11 is 1.15. The van der Waals surface area contributed by atoms with E-state index >= 15 is 0 Å². The van der Waals surface area contributed by atoms with Crippen LogP contribution in [0, 0.1) is 11.6 Å². The van der Waals surface area contributed by atoms with Gasteiger partial charge in [-0.2, -0.15) is 0 Å². The fraction of sp³-hybridized carbons (Fsp3) is 0.462. The van der Waals surface area contributed by atoms with E-state index in [9.17, 15) is 18.7 Å². The van der Waals surface area contributed by atoms with Crippen molar-refractivity contribution in [2.24, 2.45) is 0 Å². The Kier molecular flexibility index (Phi) is 5.31. The summed E-state index contributed by atoms with van der Waals surface area (Å²) < 4.78 is 30.6. The van der Waals surface area contributed by atoms with Gasteiger partial charge in [0.1, 0.15) is 23.0 Å². The number of thioether (sulfide) groups is 1. The third-order valence-corrected chi connectivity index (χ3v) is 4.32. The first kappa shape index (κ1) is 15.9. The van der Waals surface area contributed by atoms with Crippen LogP contribution in [-0.4, -0.2) is 30.0 Å². The van der Waals surface area contributed by atoms with Crippen LogP contribution in [0.1, 0.15) is 19.4 Å². The molecule has 0 spiro atoms. The highest BCUT2D eigenvalue weighted by Gasteiger charge is 2.40. The van der Waals surface area contributed by atoms with Gasteiger partial charge in [-0.15, -0.1) is 11.8 Å². The maximum absolute atomic E-state index is 13.9. The minimum absolute atomic E-state index is 0.109. The summed E-state index contributed by atoms with van der Waals surface area (Å²) in [6.45, 7) is 2.51. The molecule has 0 heterocycles. The Morgan fingerprint density at radius 1 is 1.53 bits per heavy atom. The molecule has 0 unspecified atom stereocenters. The van der Waals surface area contributed by atoms with Crippen LogP contribution in [0.3, 0.4) is 0 Å². The molecule has 1 aromatic carbocycles. The molecule has 1 aromatic rings. The maximum atomic E-state index is 13.9. The Labute approximate surface area is 115 Å². The molecule has 0 fully saturated rings. The van der Waals surface area contributed by atoms with E-state index in [0.29, 0.717) is 0 Å². The van der Waals surface area contributed by atoms with Crippen molar-refractivity contribution in [3.05, 3.63) is 35.4 Å². The van der Waals surface area contributed by atoms with Crippen molar-refractivity contribution in [2.45, 2.75) is 24.7 Å². The number of aliphatic hydroxyl groups excluding tert-OH is 1. The van der Waals surface area contributed by atoms with Crippen LogP contribution in [0.2, 0.25) is 0 Å². The molecule has 1 rings (SSSR count). The number of ether oxygens (including phenoxy) is 1. The van der Waals surface area contributed by atoms with Crippen LogP contribution in [0.4, 0.5) is 8.78 Å². The Morgan fingerprint density at radius 2 is 2.16 bits per heavy atom. The molecule has 3 nitrogen and oxygen atoms in total. The summed E-state index contributed by atoms with van der Waals surface area (Å²) in [5.74, 6) is -2.00. The van der Waals surface area contributed by atoms with E-state index in [1.54, 1.807) is 6.26 Å². The van der Waals surface area contributed by atoms with Gasteiger partial charge in [-0.05, 0) is 19.2 Å². The van der Waals surface area contributed by atoms with Gasteiger partial charge >= 0.3 is 5.97 Å². The Bertz CT molecular complexity index is 465. The van der Waals surface area contributed by atoms with E-state index in [1.165, 1.54) is 19.9 Å². The minimum atomic E-state index is -1.16. The van der Waals surface area contributed by atoms with Gasteiger partial charge in [-0.25, -0.2) is 8.78 Å². The first-order chi connectivity index (χ1) is 8.83. The summed E-state index contributed by atoms with van der Waals surface area (Å²) in [5, 5.41) is 9.95. The van der Waals surface area contributed by atoms with Crippen molar-refractivity contribution in [1.29, 1.82) is 0 Å². The van der Waals surface area contributed by atoms with Crippen molar-refractivity contribution in [3.8, 4) is 0 Å². The lowest BCUT2D eigenvalue weighted by atomic mass is 9.93. The van der Waals surface area contributed by atoms with Crippen LogP contribution >= 0.6 is 11.8 Å². The van der Waals surface area contributed by atoms with Gasteiger partial charge in [0.2, 0.25) is 0 Å². The molecular formula is C13H16F2O3S. The molecule has 0 bridgehead atoms. The number of benzene rings is 1. The quantitative estimate of drug-likeness (QED) is 0.846. The largest absolute Gasteiger partial charge is 0.464 e. The second-order valence-corrected chi connectivity index (χ2v) is 5.31. The maximum Gasteiger partial charge on any atom is 0.302 e. The summed E-state index contributed by atoms with van der Waals surface area (Å²) in [6, 6.07) is 3.12. The molecule has 0 aliphatic heterocycles. The lowest BCUT2D eigenvalue weighted by molar-refractivity contribution is -0.142. The van der Waals surface area contributed by atoms with Crippen molar-refractivity contribution in [1.82, 2.24) is 0 Å². The number of hydrogen-bond acceptors (Lipinski definition) is 4. The molecule has 0 aromatic heterocycles. The van der Waals surface area contributed by atoms with Crippen molar-refractivity contribution < 1.29 is 23.4 Å². The summed E-state index contributed by atoms with van der Waals surface area (Å²) in [4.78, 5) is 10.9. The van der Waals surface area contributed by atoms with Crippen LogP contribution in [0.15, 0.2) is 18.2 Å². The normalized spacial score (nSPS) is 15.7. The molecule has 0 aliphatic rings. The SMILES string of the molecule is CS[C@@](COC(C)=O)(c1ccc(F)cc1F)[C@H](C)O. The average Bonchev–Trinajstić information content (AvgIpc) is 2.31. The number of esters is 1. The smallest absolute Gasteiger partial charge is 0.302 e. The lowest BCUT2D eigenvalue weighted by Gasteiger charge is -2.34. The fourth-order valence-corrected chi connectivity index (χ4v) is 2.71. The molecule has 1 N–H and O–H groups in total. The average molecular weight is 290 g/mol. The van der Waals surface area contributed by atoms with Gasteiger partial charge in [0, 0.05) is 18.6 Å². The van der Waals surface area contributed by atoms with Crippen molar-refractivity contribution in [3.63, 3.8) is 0 Å². The summed E-state index contributed by atoms with van der Waals surface area (Å²) in [5.41, 5.74) is 0.109. The first-order valence-electron chi connectivity index (χ1n) is 5.65. The molecule has 106 valence electrons. The molecule has 0 amide bonds. The number of hydrogen-bond donors (Lipinski definition) is 1. The Hall–Kier alpha value is -1.14. The van der Waals surface area contributed by atoms with Crippen LogP contribution < -0.4 is 0 Å². The third kappa shape index (κ3) is 3.45. The molecule has 0 saturated carbocycles. The Morgan fingerprint density at radius 3 is 2.58 bits per heavy atom. The van der Waals surface area contributed by atoms with Gasteiger partial charge in [0.25, 0.3) is 0 Å². The molecular weight excluding hydrogens is 274 g/mol. The Balaban J connectivity index is 3.25. The summed E-state index contributed by atoms with van der Waals surface area (Å²) in [7, 11) is 0. The lowest BCUT2D eigenvalue weighted by Crippen LogP contribution is -2.40. The van der Waals surface area contributed by atoms with Gasteiger partial charge < -0.3 is 9.84 Å². The minimum Gasteiger partial charge on any atom is -0.464 e. The van der Waals surface area contributed by atoms with E-state index in [1.807, 2.05) is 0 Å². The highest BCUT2D eigenvalue weighted by atomic mass is 32.2. The van der Waals surface area contributed by atoms with Crippen LogP contribution in [0.25, 0.3) is 0 Å². The van der Waals surface area contributed by atoms with E-state index in [0.717, 1.165) is 23.9 Å². The zero-order valence-corrected chi connectivity index (χ0v) is 11.8. The third-order valence-electron chi connectivity index (χ3n) is 2.92. The predicted octanol–water partition coefficient (Wildman–Crippen LogP) is 2.47. The molecule has 0 saturated heterocycles. The number of rotatable bonds is 5. The van der Waals surface area contributed by atoms with Gasteiger partial charge in [0.15, 0.2) is 0 Å². The fourth-order valence-electron chi connectivity index (χ4n) is 1.80. The van der Waals surface area contributed by atoms with E-state index in [4.69, 9.17) is 4.74 Å². The number of aliphatic hydroxyl groups is 1. The monoisotopic (exact) mass is 290 g/mol. The molecule has 2 atom stereocenters. The highest BCUT2D eigenvalue weighted by molar-refractivity contribution is 7.99. The standard InChI is InChI=1S/C13H16F2O3S/c1-8(16)13(19-3,7-18-9(2)17)11-5-4-10(14)6-12(11)15/h4-6,8,16H,7H2,1-3H3/t8-,13+/m0/s1. The second kappa shape index (κ2) is 6.34. The summed E-state index contributed by atoms with van der Waals surface area (Å²) in [6.07, 6.45) is 0.681. The first-order valence-corrected chi connectivity index (χ1v) is 6.88. The zero-order chi connectivity index (χ0) is 14.6. The van der Waals surface area contributed by atoms with Gasteiger partial charge in [0.05, 0.1) is 6.10 Å². The number of halogens is 2. The molecule has 6 heteroatoms. The van der Waals surface area contributed by atoms with E-state index in [2.05, 4.69) is 0 Å². The van der Waals surface area contributed by atoms with Crippen molar-refractivity contribution >= 4 is 17.7 Å². The van der Waals surface area contributed by atoms with E-state index in [-0.39, 0.29) is 12.2 Å². The molecule has 19 heavy (non-hydrogen) atoms. The van der Waals surface area contributed by atoms with Crippen LogP contribution in [0.5, 0.6) is 0 Å². The van der Waals surface area contributed by atoms with E-state index < -0.39 is 28.5 Å².